The number of likely N-dealkylation sites (tertiary alicyclic amines) is 1. The van der Waals surface area contributed by atoms with Crippen molar-refractivity contribution in [1.82, 2.24) is 10.2 Å². The van der Waals surface area contributed by atoms with Crippen LogP contribution in [-0.2, 0) is 20.8 Å². The highest BCUT2D eigenvalue weighted by Crippen LogP contribution is 2.30. The number of ether oxygens (including phenoxy) is 2. The lowest BCUT2D eigenvalue weighted by Crippen LogP contribution is -2.54. The molecule has 132 valence electrons. The summed E-state index contributed by atoms with van der Waals surface area (Å²) >= 11 is 0. The van der Waals surface area contributed by atoms with Gasteiger partial charge in [0.15, 0.2) is 0 Å². The van der Waals surface area contributed by atoms with E-state index in [1.54, 1.807) is 0 Å². The standard InChI is InChI=1S/C19H28N2O3/c22-15-23-11-10-21-9-8-18(19(13-21)24-14-17-6-7-17)20-12-16-4-2-1-3-5-16/h1-5,15,17-20H,6-14H2. The van der Waals surface area contributed by atoms with Crippen LogP contribution in [-0.4, -0.2) is 56.4 Å². The molecule has 1 aromatic carbocycles. The summed E-state index contributed by atoms with van der Waals surface area (Å²) in [6.45, 7) is 5.44. The van der Waals surface area contributed by atoms with Crippen molar-refractivity contribution < 1.29 is 14.3 Å². The zero-order chi connectivity index (χ0) is 16.6. The van der Waals surface area contributed by atoms with Crippen LogP contribution in [0.1, 0.15) is 24.8 Å². The molecular formula is C19H28N2O3. The van der Waals surface area contributed by atoms with Crippen molar-refractivity contribution in [2.45, 2.75) is 38.0 Å². The molecule has 0 radical (unpaired) electrons. The van der Waals surface area contributed by atoms with Crippen LogP contribution in [0.5, 0.6) is 0 Å². The molecule has 0 amide bonds. The zero-order valence-electron chi connectivity index (χ0n) is 14.2. The number of benzene rings is 1. The van der Waals surface area contributed by atoms with Crippen molar-refractivity contribution >= 4 is 6.47 Å². The van der Waals surface area contributed by atoms with Crippen molar-refractivity contribution in [3.05, 3.63) is 35.9 Å². The van der Waals surface area contributed by atoms with Crippen LogP contribution < -0.4 is 5.32 Å². The first-order chi connectivity index (χ1) is 11.8. The summed E-state index contributed by atoms with van der Waals surface area (Å²) in [6.07, 6.45) is 3.89. The van der Waals surface area contributed by atoms with E-state index in [4.69, 9.17) is 9.47 Å². The van der Waals surface area contributed by atoms with Crippen molar-refractivity contribution in [2.75, 3.05) is 32.8 Å². The number of carbonyl (C=O) groups excluding carboxylic acids is 1. The molecule has 1 aliphatic heterocycles. The van der Waals surface area contributed by atoms with E-state index in [1.165, 1.54) is 18.4 Å². The molecule has 3 rings (SSSR count). The van der Waals surface area contributed by atoms with Gasteiger partial charge >= 0.3 is 0 Å². The van der Waals surface area contributed by atoms with Gasteiger partial charge in [-0.05, 0) is 37.3 Å². The molecule has 1 N–H and O–H groups in total. The molecule has 1 aromatic rings. The SMILES string of the molecule is O=COCCN1CCC(NCc2ccccc2)C(OCC2CC2)C1. The Morgan fingerprint density at radius 2 is 2.04 bits per heavy atom. The molecular weight excluding hydrogens is 304 g/mol. The van der Waals surface area contributed by atoms with Crippen LogP contribution in [0.25, 0.3) is 0 Å². The Bertz CT molecular complexity index is 493. The molecule has 2 fully saturated rings. The van der Waals surface area contributed by atoms with Crippen LogP contribution >= 0.6 is 0 Å². The molecule has 2 unspecified atom stereocenters. The first kappa shape index (κ1) is 17.4. The molecule has 0 aromatic heterocycles. The average Bonchev–Trinajstić information content (AvgIpc) is 3.44. The van der Waals surface area contributed by atoms with Gasteiger partial charge in [-0.3, -0.25) is 9.69 Å². The molecule has 24 heavy (non-hydrogen) atoms. The Morgan fingerprint density at radius 1 is 1.21 bits per heavy atom. The first-order valence-electron chi connectivity index (χ1n) is 9.01. The van der Waals surface area contributed by atoms with E-state index in [9.17, 15) is 4.79 Å². The Morgan fingerprint density at radius 3 is 2.79 bits per heavy atom. The number of rotatable bonds is 10. The highest BCUT2D eigenvalue weighted by Gasteiger charge is 2.31. The molecule has 2 atom stereocenters. The quantitative estimate of drug-likeness (QED) is 0.523. The smallest absolute Gasteiger partial charge is 0.293 e. The van der Waals surface area contributed by atoms with Crippen molar-refractivity contribution in [1.29, 1.82) is 0 Å². The van der Waals surface area contributed by atoms with E-state index in [0.29, 0.717) is 19.1 Å². The second kappa shape index (κ2) is 9.16. The summed E-state index contributed by atoms with van der Waals surface area (Å²) in [5.41, 5.74) is 1.31. The maximum Gasteiger partial charge on any atom is 0.293 e. The molecule has 5 heteroatoms. The normalized spacial score (nSPS) is 24.7. The highest BCUT2D eigenvalue weighted by molar-refractivity contribution is 5.36. The lowest BCUT2D eigenvalue weighted by Gasteiger charge is -2.38. The predicted molar refractivity (Wildman–Crippen MR) is 92.6 cm³/mol. The zero-order valence-corrected chi connectivity index (χ0v) is 14.2. The van der Waals surface area contributed by atoms with Crippen LogP contribution in [0.4, 0.5) is 0 Å². The molecule has 0 bridgehead atoms. The lowest BCUT2D eigenvalue weighted by atomic mass is 10.0. The third-order valence-corrected chi connectivity index (χ3v) is 4.89. The van der Waals surface area contributed by atoms with Gasteiger partial charge in [-0.1, -0.05) is 30.3 Å². The molecule has 0 spiro atoms. The Kier molecular flexibility index (Phi) is 6.64. The second-order valence-electron chi connectivity index (χ2n) is 6.84. The van der Waals surface area contributed by atoms with Gasteiger partial charge in [0.05, 0.1) is 6.10 Å². The predicted octanol–water partition coefficient (Wildman–Crippen LogP) is 1.82. The van der Waals surface area contributed by atoms with Gasteiger partial charge in [0.25, 0.3) is 6.47 Å². The molecule has 2 aliphatic rings. The third kappa shape index (κ3) is 5.58. The fraction of sp³-hybridized carbons (Fsp3) is 0.632. The fourth-order valence-corrected chi connectivity index (χ4v) is 3.20. The summed E-state index contributed by atoms with van der Waals surface area (Å²) < 4.78 is 11.1. The Labute approximate surface area is 144 Å². The molecule has 1 saturated heterocycles. The minimum Gasteiger partial charge on any atom is -0.467 e. The summed E-state index contributed by atoms with van der Waals surface area (Å²) in [4.78, 5) is 12.6. The summed E-state index contributed by atoms with van der Waals surface area (Å²) in [6, 6.07) is 10.9. The van der Waals surface area contributed by atoms with Crippen molar-refractivity contribution in [3.8, 4) is 0 Å². The maximum absolute atomic E-state index is 10.3. The number of piperidine rings is 1. The van der Waals surface area contributed by atoms with Gasteiger partial charge in [-0.15, -0.1) is 0 Å². The number of hydrogen-bond acceptors (Lipinski definition) is 5. The van der Waals surface area contributed by atoms with E-state index in [-0.39, 0.29) is 6.10 Å². The number of hydrogen-bond donors (Lipinski definition) is 1. The number of carbonyl (C=O) groups is 1. The number of nitrogens with zero attached hydrogens (tertiary/aromatic N) is 1. The van der Waals surface area contributed by atoms with E-state index in [1.807, 2.05) is 6.07 Å². The van der Waals surface area contributed by atoms with Crippen LogP contribution in [0.3, 0.4) is 0 Å². The van der Waals surface area contributed by atoms with E-state index in [0.717, 1.165) is 45.1 Å². The highest BCUT2D eigenvalue weighted by atomic mass is 16.5. The average molecular weight is 332 g/mol. The van der Waals surface area contributed by atoms with Gasteiger partial charge in [0.2, 0.25) is 0 Å². The minimum absolute atomic E-state index is 0.208. The van der Waals surface area contributed by atoms with Crippen molar-refractivity contribution in [2.24, 2.45) is 5.92 Å². The topological polar surface area (TPSA) is 50.8 Å². The second-order valence-corrected chi connectivity index (χ2v) is 6.84. The van der Waals surface area contributed by atoms with Crippen LogP contribution in [0.15, 0.2) is 30.3 Å². The minimum atomic E-state index is 0.208. The van der Waals surface area contributed by atoms with E-state index in [2.05, 4.69) is 34.5 Å². The Balaban J connectivity index is 1.49. The van der Waals surface area contributed by atoms with E-state index < -0.39 is 0 Å². The monoisotopic (exact) mass is 332 g/mol. The van der Waals surface area contributed by atoms with Gasteiger partial charge in [-0.25, -0.2) is 0 Å². The number of nitrogens with one attached hydrogen (secondary N) is 1. The van der Waals surface area contributed by atoms with Crippen LogP contribution in [0.2, 0.25) is 0 Å². The first-order valence-corrected chi connectivity index (χ1v) is 9.01. The van der Waals surface area contributed by atoms with Crippen LogP contribution in [0, 0.1) is 5.92 Å². The van der Waals surface area contributed by atoms with Gasteiger partial charge in [-0.2, -0.15) is 0 Å². The Hall–Kier alpha value is -1.43. The van der Waals surface area contributed by atoms with Crippen molar-refractivity contribution in [3.63, 3.8) is 0 Å². The molecule has 1 saturated carbocycles. The molecule has 1 heterocycles. The third-order valence-electron chi connectivity index (χ3n) is 4.89. The van der Waals surface area contributed by atoms with Gasteiger partial charge < -0.3 is 14.8 Å². The molecule has 1 aliphatic carbocycles. The van der Waals surface area contributed by atoms with Gasteiger partial charge in [0.1, 0.15) is 6.61 Å². The summed E-state index contributed by atoms with van der Waals surface area (Å²) in [5.74, 6) is 0.772. The lowest BCUT2D eigenvalue weighted by molar-refractivity contribution is -0.129. The van der Waals surface area contributed by atoms with E-state index >= 15 is 0 Å². The summed E-state index contributed by atoms with van der Waals surface area (Å²) in [5, 5.41) is 3.68. The fourth-order valence-electron chi connectivity index (χ4n) is 3.20. The largest absolute Gasteiger partial charge is 0.467 e. The molecule has 5 nitrogen and oxygen atoms in total. The maximum atomic E-state index is 10.3. The van der Waals surface area contributed by atoms with Gasteiger partial charge in [0, 0.05) is 32.3 Å². The summed E-state index contributed by atoms with van der Waals surface area (Å²) in [7, 11) is 0.